The van der Waals surface area contributed by atoms with E-state index in [0.717, 1.165) is 12.8 Å². The summed E-state index contributed by atoms with van der Waals surface area (Å²) in [4.78, 5) is 19.4. The fourth-order valence-electron chi connectivity index (χ4n) is 3.97. The van der Waals surface area contributed by atoms with Crippen LogP contribution in [0.5, 0.6) is 0 Å². The van der Waals surface area contributed by atoms with Gasteiger partial charge in [0.1, 0.15) is 5.82 Å². The molecule has 0 spiro atoms. The number of thiophene rings is 1. The number of aromatic nitrogens is 2. The predicted octanol–water partition coefficient (Wildman–Crippen LogP) is 4.07. The minimum Gasteiger partial charge on any atom is -0.376 e. The third kappa shape index (κ3) is 5.45. The molecule has 0 saturated carbocycles. The van der Waals surface area contributed by atoms with Crippen LogP contribution in [0.15, 0.2) is 65.8 Å². The fraction of sp³-hybridized carbons (Fsp3) is 0.333. The van der Waals surface area contributed by atoms with E-state index < -0.39 is 21.4 Å². The van der Waals surface area contributed by atoms with Crippen LogP contribution in [0.1, 0.15) is 33.8 Å². The number of halogens is 1. The maximum absolute atomic E-state index is 14.2. The number of sulfone groups is 1. The van der Waals surface area contributed by atoms with Crippen LogP contribution in [0.2, 0.25) is 0 Å². The Morgan fingerprint density at radius 2 is 2.15 bits per heavy atom. The van der Waals surface area contributed by atoms with Gasteiger partial charge in [0.2, 0.25) is 15.0 Å². The van der Waals surface area contributed by atoms with Crippen molar-refractivity contribution in [2.75, 3.05) is 13.2 Å². The van der Waals surface area contributed by atoms with Crippen molar-refractivity contribution in [3.05, 3.63) is 82.6 Å². The summed E-state index contributed by atoms with van der Waals surface area (Å²) in [5, 5.41) is 1.68. The molecule has 7 nitrogen and oxygen atoms in total. The summed E-state index contributed by atoms with van der Waals surface area (Å²) < 4.78 is 48.1. The first-order valence-electron chi connectivity index (χ1n) is 10.9. The van der Waals surface area contributed by atoms with E-state index in [1.807, 2.05) is 5.38 Å². The van der Waals surface area contributed by atoms with Gasteiger partial charge < -0.3 is 14.2 Å². The highest BCUT2D eigenvalue weighted by Crippen LogP contribution is 2.24. The van der Waals surface area contributed by atoms with Crippen LogP contribution < -0.4 is 0 Å². The van der Waals surface area contributed by atoms with Gasteiger partial charge >= 0.3 is 0 Å². The van der Waals surface area contributed by atoms with Gasteiger partial charge in [-0.3, -0.25) is 4.79 Å². The first kappa shape index (κ1) is 24.3. The van der Waals surface area contributed by atoms with E-state index in [1.165, 1.54) is 35.7 Å². The number of hydrogen-bond acceptors (Lipinski definition) is 6. The minimum atomic E-state index is -3.96. The highest BCUT2D eigenvalue weighted by Gasteiger charge is 2.29. The van der Waals surface area contributed by atoms with Crippen LogP contribution in [0.25, 0.3) is 0 Å². The van der Waals surface area contributed by atoms with Gasteiger partial charge in [-0.05, 0) is 30.4 Å². The van der Waals surface area contributed by atoms with Crippen LogP contribution in [0.4, 0.5) is 4.39 Å². The van der Waals surface area contributed by atoms with Gasteiger partial charge in [-0.2, -0.15) is 0 Å². The van der Waals surface area contributed by atoms with Gasteiger partial charge in [0, 0.05) is 18.7 Å². The molecule has 1 aliphatic rings. The summed E-state index contributed by atoms with van der Waals surface area (Å²) in [5.74, 6) is -1.26. The van der Waals surface area contributed by atoms with Crippen molar-refractivity contribution in [3.8, 4) is 0 Å². The van der Waals surface area contributed by atoms with E-state index in [9.17, 15) is 17.6 Å². The average Bonchev–Trinajstić information content (AvgIpc) is 3.58. The Morgan fingerprint density at radius 1 is 1.32 bits per heavy atom. The summed E-state index contributed by atoms with van der Waals surface area (Å²) in [5.41, 5.74) is 0.645. The average molecular weight is 504 g/mol. The Kier molecular flexibility index (Phi) is 7.60. The van der Waals surface area contributed by atoms with Crippen molar-refractivity contribution in [1.29, 1.82) is 0 Å². The molecule has 1 atom stereocenters. The molecule has 0 bridgehead atoms. The van der Waals surface area contributed by atoms with Gasteiger partial charge in [0.25, 0.3) is 5.91 Å². The zero-order valence-electron chi connectivity index (χ0n) is 18.6. The molecule has 180 valence electrons. The molecular weight excluding hydrogens is 477 g/mol. The Bertz CT molecular complexity index is 1250. The molecule has 1 fully saturated rings. The number of carbonyl (C=O) groups is 1. The highest BCUT2D eigenvalue weighted by atomic mass is 32.2. The molecule has 1 saturated heterocycles. The standard InChI is InChI=1S/C24H26FN3O4S2/c1-2-11-27(23(29)22-10-6-13-33-22)15-19-14-26-24(28(19)16-20-8-5-12-32-20)34(30,31)17-18-7-3-4-9-21(18)25/h2-4,6-7,9-10,13-14,20H,1,5,8,11-12,15-17H2. The predicted molar refractivity (Wildman–Crippen MR) is 128 cm³/mol. The molecule has 10 heteroatoms. The van der Waals surface area contributed by atoms with Gasteiger partial charge in [0.15, 0.2) is 0 Å². The van der Waals surface area contributed by atoms with Crippen molar-refractivity contribution in [1.82, 2.24) is 14.5 Å². The van der Waals surface area contributed by atoms with E-state index in [4.69, 9.17) is 4.74 Å². The molecule has 1 aliphatic heterocycles. The number of ether oxygens (including phenoxy) is 1. The second-order valence-electron chi connectivity index (χ2n) is 8.08. The van der Waals surface area contributed by atoms with E-state index in [-0.39, 0.29) is 35.8 Å². The summed E-state index contributed by atoms with van der Waals surface area (Å²) in [6.45, 7) is 5.09. The lowest BCUT2D eigenvalue weighted by Gasteiger charge is -2.22. The number of amides is 1. The lowest BCUT2D eigenvalue weighted by Crippen LogP contribution is -2.32. The minimum absolute atomic E-state index is 0.0804. The van der Waals surface area contributed by atoms with Gasteiger partial charge in [-0.1, -0.05) is 30.3 Å². The van der Waals surface area contributed by atoms with Crippen LogP contribution in [0, 0.1) is 5.82 Å². The maximum atomic E-state index is 14.2. The molecule has 0 aliphatic carbocycles. The van der Waals surface area contributed by atoms with Gasteiger partial charge in [0.05, 0.1) is 41.7 Å². The Balaban J connectivity index is 1.67. The molecule has 3 heterocycles. The number of nitrogens with zero attached hydrogens (tertiary/aromatic N) is 3. The molecule has 1 unspecified atom stereocenters. The van der Waals surface area contributed by atoms with Crippen molar-refractivity contribution in [2.24, 2.45) is 0 Å². The molecule has 3 aromatic rings. The SMILES string of the molecule is C=CCN(Cc1cnc(S(=O)(=O)Cc2ccccc2F)n1CC1CCCO1)C(=O)c1cccs1. The second-order valence-corrected chi connectivity index (χ2v) is 10.9. The van der Waals surface area contributed by atoms with Crippen molar-refractivity contribution >= 4 is 27.1 Å². The van der Waals surface area contributed by atoms with Crippen molar-refractivity contribution < 1.29 is 22.3 Å². The zero-order valence-corrected chi connectivity index (χ0v) is 20.2. The number of carbonyl (C=O) groups excluding carboxylic acids is 1. The first-order valence-corrected chi connectivity index (χ1v) is 13.5. The summed E-state index contributed by atoms with van der Waals surface area (Å²) in [7, 11) is -3.96. The second kappa shape index (κ2) is 10.6. The summed E-state index contributed by atoms with van der Waals surface area (Å²) in [6, 6.07) is 9.35. The van der Waals surface area contributed by atoms with E-state index >= 15 is 0 Å². The summed E-state index contributed by atoms with van der Waals surface area (Å²) >= 11 is 1.34. The number of imidazole rings is 1. The third-order valence-corrected chi connectivity index (χ3v) is 8.05. The number of benzene rings is 1. The van der Waals surface area contributed by atoms with Crippen molar-refractivity contribution in [2.45, 2.75) is 42.9 Å². The molecule has 0 N–H and O–H groups in total. The molecule has 34 heavy (non-hydrogen) atoms. The van der Waals surface area contributed by atoms with Crippen LogP contribution in [-0.2, 0) is 33.4 Å². The van der Waals surface area contributed by atoms with Gasteiger partial charge in [-0.15, -0.1) is 17.9 Å². The van der Waals surface area contributed by atoms with E-state index in [2.05, 4.69) is 11.6 Å². The lowest BCUT2D eigenvalue weighted by atomic mass is 10.2. The quantitative estimate of drug-likeness (QED) is 0.390. The monoisotopic (exact) mass is 503 g/mol. The third-order valence-electron chi connectivity index (χ3n) is 5.61. The molecule has 0 radical (unpaired) electrons. The Morgan fingerprint density at radius 3 is 2.82 bits per heavy atom. The van der Waals surface area contributed by atoms with E-state index in [1.54, 1.807) is 33.7 Å². The largest absolute Gasteiger partial charge is 0.376 e. The maximum Gasteiger partial charge on any atom is 0.264 e. The lowest BCUT2D eigenvalue weighted by molar-refractivity contribution is 0.0756. The van der Waals surface area contributed by atoms with Crippen LogP contribution >= 0.6 is 11.3 Å². The zero-order chi connectivity index (χ0) is 24.1. The Hall–Kier alpha value is -2.82. The van der Waals surface area contributed by atoms with Gasteiger partial charge in [-0.25, -0.2) is 17.8 Å². The molecular formula is C24H26FN3O4S2. The van der Waals surface area contributed by atoms with Crippen molar-refractivity contribution in [3.63, 3.8) is 0 Å². The molecule has 1 aromatic carbocycles. The number of hydrogen-bond donors (Lipinski definition) is 0. The fourth-order valence-corrected chi connectivity index (χ4v) is 6.17. The highest BCUT2D eigenvalue weighted by molar-refractivity contribution is 7.90. The van der Waals surface area contributed by atoms with Crippen LogP contribution in [0.3, 0.4) is 0 Å². The van der Waals surface area contributed by atoms with E-state index in [0.29, 0.717) is 23.7 Å². The Labute approximate surface area is 202 Å². The van der Waals surface area contributed by atoms with Crippen LogP contribution in [-0.4, -0.2) is 48.0 Å². The molecule has 1 amide bonds. The number of rotatable bonds is 10. The first-order chi connectivity index (χ1) is 16.4. The summed E-state index contributed by atoms with van der Waals surface area (Å²) in [6.07, 6.45) is 4.64. The molecule has 4 rings (SSSR count). The molecule has 2 aromatic heterocycles. The normalized spacial score (nSPS) is 16.0. The topological polar surface area (TPSA) is 81.5 Å². The smallest absolute Gasteiger partial charge is 0.264 e.